The summed E-state index contributed by atoms with van der Waals surface area (Å²) in [5.41, 5.74) is 0.728. The lowest BCUT2D eigenvalue weighted by Crippen LogP contribution is -2.42. The van der Waals surface area contributed by atoms with Crippen LogP contribution in [-0.2, 0) is 23.9 Å². The molecule has 0 spiro atoms. The van der Waals surface area contributed by atoms with Crippen molar-refractivity contribution in [2.24, 2.45) is 0 Å². The minimum atomic E-state index is -1.12. The molecule has 0 aromatic heterocycles. The molecule has 2 aromatic rings. The molecule has 1 atom stereocenters. The number of nitrogens with one attached hydrogen (secondary N) is 1. The maximum Gasteiger partial charge on any atom is 0.328 e. The van der Waals surface area contributed by atoms with Crippen molar-refractivity contribution in [3.63, 3.8) is 0 Å². The van der Waals surface area contributed by atoms with Crippen molar-refractivity contribution in [2.45, 2.75) is 12.5 Å². The smallest absolute Gasteiger partial charge is 0.328 e. The maximum atomic E-state index is 12.1. The molecule has 0 heterocycles. The summed E-state index contributed by atoms with van der Waals surface area (Å²) in [4.78, 5) is 35.2. The summed E-state index contributed by atoms with van der Waals surface area (Å²) in [5.74, 6) is -0.596. The number of hydrogen-bond acceptors (Lipinski definition) is 6. The Morgan fingerprint density at radius 1 is 0.964 bits per heavy atom. The van der Waals surface area contributed by atoms with Gasteiger partial charge in [0.2, 0.25) is 5.91 Å². The number of amides is 1. The van der Waals surface area contributed by atoms with Gasteiger partial charge in [0, 0.05) is 6.08 Å². The summed E-state index contributed by atoms with van der Waals surface area (Å²) in [5, 5.41) is 2.43. The van der Waals surface area contributed by atoms with Gasteiger partial charge in [0.25, 0.3) is 0 Å². The largest absolute Gasteiger partial charge is 0.469 e. The van der Waals surface area contributed by atoms with Crippen molar-refractivity contribution in [3.05, 3.63) is 66.2 Å². The zero-order valence-corrected chi connectivity index (χ0v) is 15.6. The normalized spacial score (nSPS) is 11.5. The fraction of sp³-hybridized carbons (Fsp3) is 0.190. The number of benzene rings is 2. The second kappa shape index (κ2) is 10.5. The van der Waals surface area contributed by atoms with E-state index in [1.807, 2.05) is 30.3 Å². The number of ether oxygens (including phenoxy) is 3. The first-order chi connectivity index (χ1) is 13.5. The lowest BCUT2D eigenvalue weighted by Gasteiger charge is -2.14. The third-order valence-corrected chi connectivity index (χ3v) is 3.66. The van der Waals surface area contributed by atoms with Crippen LogP contribution < -0.4 is 10.1 Å². The molecule has 0 saturated heterocycles. The van der Waals surface area contributed by atoms with Gasteiger partial charge in [-0.1, -0.05) is 30.3 Å². The van der Waals surface area contributed by atoms with Gasteiger partial charge in [-0.05, 0) is 35.9 Å². The monoisotopic (exact) mass is 383 g/mol. The van der Waals surface area contributed by atoms with Crippen LogP contribution >= 0.6 is 0 Å². The van der Waals surface area contributed by atoms with Crippen molar-refractivity contribution < 1.29 is 28.6 Å². The van der Waals surface area contributed by atoms with E-state index in [2.05, 4.69) is 14.8 Å². The molecule has 146 valence electrons. The van der Waals surface area contributed by atoms with Crippen molar-refractivity contribution in [2.75, 3.05) is 14.2 Å². The number of carbonyl (C=O) groups is 3. The Labute approximate surface area is 162 Å². The maximum absolute atomic E-state index is 12.1. The number of rotatable bonds is 8. The standard InChI is InChI=1S/C21H21NO6/c1-26-20(24)14-18(21(25)27-2)22-19(23)12-11-15-7-6-10-17(13-15)28-16-8-4-3-5-9-16/h3-13,18H,14H2,1-2H3,(H,22,23)/b12-11+/t18-/m1/s1. The fourth-order valence-electron chi connectivity index (χ4n) is 2.28. The number of esters is 2. The fourth-order valence-corrected chi connectivity index (χ4v) is 2.28. The molecule has 2 aromatic carbocycles. The van der Waals surface area contributed by atoms with Crippen LogP contribution in [0.3, 0.4) is 0 Å². The van der Waals surface area contributed by atoms with Crippen LogP contribution in [0.15, 0.2) is 60.7 Å². The number of carbonyl (C=O) groups excluding carboxylic acids is 3. The molecule has 7 nitrogen and oxygen atoms in total. The van der Waals surface area contributed by atoms with Crippen LogP contribution in [0.25, 0.3) is 6.08 Å². The first-order valence-corrected chi connectivity index (χ1v) is 8.48. The van der Waals surface area contributed by atoms with Crippen LogP contribution in [-0.4, -0.2) is 38.1 Å². The topological polar surface area (TPSA) is 90.9 Å². The molecule has 1 N–H and O–H groups in total. The van der Waals surface area contributed by atoms with Gasteiger partial charge in [-0.15, -0.1) is 0 Å². The van der Waals surface area contributed by atoms with E-state index < -0.39 is 23.9 Å². The average Bonchev–Trinajstić information content (AvgIpc) is 2.72. The van der Waals surface area contributed by atoms with Gasteiger partial charge < -0.3 is 19.5 Å². The number of para-hydroxylation sites is 1. The summed E-state index contributed by atoms with van der Waals surface area (Å²) >= 11 is 0. The number of methoxy groups -OCH3 is 2. The Kier molecular flexibility index (Phi) is 7.77. The van der Waals surface area contributed by atoms with Gasteiger partial charge in [-0.25, -0.2) is 4.79 Å². The van der Waals surface area contributed by atoms with Crippen LogP contribution in [0.1, 0.15) is 12.0 Å². The molecule has 28 heavy (non-hydrogen) atoms. The third-order valence-electron chi connectivity index (χ3n) is 3.66. The van der Waals surface area contributed by atoms with Crippen molar-refractivity contribution in [3.8, 4) is 11.5 Å². The van der Waals surface area contributed by atoms with Gasteiger partial charge in [0.1, 0.15) is 17.5 Å². The van der Waals surface area contributed by atoms with Gasteiger partial charge >= 0.3 is 11.9 Å². The minimum Gasteiger partial charge on any atom is -0.469 e. The Balaban J connectivity index is 2.01. The van der Waals surface area contributed by atoms with E-state index >= 15 is 0 Å². The average molecular weight is 383 g/mol. The minimum absolute atomic E-state index is 0.316. The summed E-state index contributed by atoms with van der Waals surface area (Å²) in [7, 11) is 2.37. The zero-order chi connectivity index (χ0) is 20.4. The molecule has 1 amide bonds. The lowest BCUT2D eigenvalue weighted by molar-refractivity contribution is -0.150. The van der Waals surface area contributed by atoms with E-state index in [9.17, 15) is 14.4 Å². The Hall–Kier alpha value is -3.61. The van der Waals surface area contributed by atoms with Crippen LogP contribution in [0, 0.1) is 0 Å². The highest BCUT2D eigenvalue weighted by Crippen LogP contribution is 2.22. The van der Waals surface area contributed by atoms with E-state index in [0.29, 0.717) is 11.5 Å². The lowest BCUT2D eigenvalue weighted by atomic mass is 10.2. The predicted octanol–water partition coefficient (Wildman–Crippen LogP) is 2.71. The third kappa shape index (κ3) is 6.60. The Morgan fingerprint density at radius 3 is 2.36 bits per heavy atom. The van der Waals surface area contributed by atoms with E-state index in [0.717, 1.165) is 5.56 Å². The van der Waals surface area contributed by atoms with Gasteiger partial charge in [-0.3, -0.25) is 9.59 Å². The van der Waals surface area contributed by atoms with Gasteiger partial charge in [0.05, 0.1) is 20.6 Å². The summed E-state index contributed by atoms with van der Waals surface area (Å²) in [6.45, 7) is 0. The quantitative estimate of drug-likeness (QED) is 0.557. The molecule has 0 aliphatic heterocycles. The van der Waals surface area contributed by atoms with Crippen molar-refractivity contribution in [1.82, 2.24) is 5.32 Å². The second-order valence-electron chi connectivity index (χ2n) is 5.69. The molecule has 2 rings (SSSR count). The summed E-state index contributed by atoms with van der Waals surface area (Å²) in [6.07, 6.45) is 2.51. The Bertz CT molecular complexity index is 847. The summed E-state index contributed by atoms with van der Waals surface area (Å²) in [6, 6.07) is 15.4. The molecule has 0 saturated carbocycles. The van der Waals surface area contributed by atoms with Crippen LogP contribution in [0.5, 0.6) is 11.5 Å². The molecular formula is C21H21NO6. The van der Waals surface area contributed by atoms with E-state index in [4.69, 9.17) is 4.74 Å². The van der Waals surface area contributed by atoms with Gasteiger partial charge in [-0.2, -0.15) is 0 Å². The van der Waals surface area contributed by atoms with Crippen LogP contribution in [0.2, 0.25) is 0 Å². The molecule has 0 aliphatic carbocycles. The van der Waals surface area contributed by atoms with E-state index in [1.165, 1.54) is 20.3 Å². The highest BCUT2D eigenvalue weighted by Gasteiger charge is 2.24. The van der Waals surface area contributed by atoms with Crippen molar-refractivity contribution in [1.29, 1.82) is 0 Å². The molecule has 0 unspecified atom stereocenters. The van der Waals surface area contributed by atoms with Crippen LogP contribution in [0.4, 0.5) is 0 Å². The highest BCUT2D eigenvalue weighted by molar-refractivity contribution is 5.95. The number of hydrogen-bond donors (Lipinski definition) is 1. The zero-order valence-electron chi connectivity index (χ0n) is 15.6. The molecule has 0 aliphatic rings. The van der Waals surface area contributed by atoms with Crippen molar-refractivity contribution >= 4 is 23.9 Å². The molecular weight excluding hydrogens is 362 g/mol. The first kappa shape index (κ1) is 20.7. The van der Waals surface area contributed by atoms with E-state index in [1.54, 1.807) is 30.3 Å². The van der Waals surface area contributed by atoms with E-state index in [-0.39, 0.29) is 6.42 Å². The molecule has 0 radical (unpaired) electrons. The first-order valence-electron chi connectivity index (χ1n) is 8.48. The molecule has 0 fully saturated rings. The van der Waals surface area contributed by atoms with Gasteiger partial charge in [0.15, 0.2) is 0 Å². The predicted molar refractivity (Wildman–Crippen MR) is 103 cm³/mol. The Morgan fingerprint density at radius 2 is 1.68 bits per heavy atom. The summed E-state index contributed by atoms with van der Waals surface area (Å²) < 4.78 is 14.9. The SMILES string of the molecule is COC(=O)C[C@@H](NC(=O)/C=C/c1cccc(Oc2ccccc2)c1)C(=O)OC. The second-order valence-corrected chi connectivity index (χ2v) is 5.69. The highest BCUT2D eigenvalue weighted by atomic mass is 16.5. The molecule has 0 bridgehead atoms. The molecule has 7 heteroatoms.